The Bertz CT molecular complexity index is 1060. The number of nitrogens with two attached hydrogens (primary N) is 2. The van der Waals surface area contributed by atoms with Gasteiger partial charge in [-0.05, 0) is 55.4 Å². The summed E-state index contributed by atoms with van der Waals surface area (Å²) in [6.07, 6.45) is 4.48. The first kappa shape index (κ1) is 31.9. The van der Waals surface area contributed by atoms with E-state index in [4.69, 9.17) is 19.8 Å². The van der Waals surface area contributed by atoms with Crippen LogP contribution in [-0.2, 0) is 29.5 Å². The first-order chi connectivity index (χ1) is 16.4. The van der Waals surface area contributed by atoms with E-state index in [0.29, 0.717) is 11.4 Å². The quantitative estimate of drug-likeness (QED) is 0.444. The molecule has 0 spiro atoms. The van der Waals surface area contributed by atoms with Crippen molar-refractivity contribution in [1.29, 1.82) is 0 Å². The van der Waals surface area contributed by atoms with Crippen LogP contribution < -0.4 is 10.3 Å². The molecule has 204 valence electrons. The van der Waals surface area contributed by atoms with Gasteiger partial charge in [-0.3, -0.25) is 19.9 Å². The van der Waals surface area contributed by atoms with Gasteiger partial charge in [0.15, 0.2) is 0 Å². The molecule has 0 aliphatic carbocycles. The fraction of sp³-hybridized carbons (Fsp3) is 0.636. The maximum Gasteiger partial charge on any atom is 0.214 e. The molecule has 2 rings (SSSR count). The summed E-state index contributed by atoms with van der Waals surface area (Å²) in [5.41, 5.74) is 2.45. The second-order valence-corrected chi connectivity index (χ2v) is 12.8. The van der Waals surface area contributed by atoms with Crippen molar-refractivity contribution in [3.05, 3.63) is 47.6 Å². The van der Waals surface area contributed by atoms with E-state index in [1.165, 1.54) is 26.2 Å². The number of ether oxygens (including phenoxy) is 2. The molecule has 0 saturated carbocycles. The van der Waals surface area contributed by atoms with Crippen LogP contribution in [0.1, 0.15) is 76.5 Å². The van der Waals surface area contributed by atoms with Crippen LogP contribution in [0, 0.1) is 13.8 Å². The van der Waals surface area contributed by atoms with Gasteiger partial charge in [-0.2, -0.15) is 0 Å². The monoisotopic (exact) mass is 546 g/mol. The van der Waals surface area contributed by atoms with E-state index in [2.05, 4.69) is 19.9 Å². The van der Waals surface area contributed by atoms with Crippen LogP contribution in [0.3, 0.4) is 0 Å². The van der Waals surface area contributed by atoms with Gasteiger partial charge in [0.05, 0.1) is 47.4 Å². The third kappa shape index (κ3) is 10.5. The molecule has 0 radical (unpaired) electrons. The van der Waals surface area contributed by atoms with Crippen molar-refractivity contribution in [1.82, 2.24) is 19.9 Å². The summed E-state index contributed by atoms with van der Waals surface area (Å²) in [7, 11) is -7.40. The summed E-state index contributed by atoms with van der Waals surface area (Å²) >= 11 is 0. The Morgan fingerprint density at radius 3 is 1.11 bits per heavy atom. The topological polar surface area (TPSA) is 190 Å². The maximum absolute atomic E-state index is 11.4. The van der Waals surface area contributed by atoms with Crippen LogP contribution in [-0.4, -0.2) is 59.5 Å². The van der Waals surface area contributed by atoms with Gasteiger partial charge in [0.25, 0.3) is 0 Å². The first-order valence-corrected chi connectivity index (χ1v) is 14.6. The van der Waals surface area contributed by atoms with E-state index in [1.807, 2.05) is 27.7 Å². The minimum Gasteiger partial charge on any atom is -0.368 e. The highest BCUT2D eigenvalue weighted by Crippen LogP contribution is 2.25. The Balaban J connectivity index is 0.000000360. The van der Waals surface area contributed by atoms with Gasteiger partial charge in [-0.1, -0.05) is 0 Å². The zero-order chi connectivity index (χ0) is 27.8. The van der Waals surface area contributed by atoms with E-state index in [0.717, 1.165) is 11.4 Å². The van der Waals surface area contributed by atoms with E-state index < -0.39 is 42.8 Å². The number of sulfonamides is 2. The summed E-state index contributed by atoms with van der Waals surface area (Å²) in [6, 6.07) is 0. The Hall–Kier alpha value is -2.10. The lowest BCUT2D eigenvalue weighted by molar-refractivity contribution is 0.00363. The number of aryl methyl sites for hydroxylation is 2. The predicted octanol–water partition coefficient (Wildman–Crippen LogP) is 1.86. The zero-order valence-electron chi connectivity index (χ0n) is 22.0. The molecule has 4 atom stereocenters. The summed E-state index contributed by atoms with van der Waals surface area (Å²) in [5.74, 6) is 0. The minimum atomic E-state index is -3.70. The molecule has 2 aromatic rings. The lowest BCUT2D eigenvalue weighted by Crippen LogP contribution is -2.34. The molecule has 2 heterocycles. The molecule has 0 amide bonds. The largest absolute Gasteiger partial charge is 0.368 e. The summed E-state index contributed by atoms with van der Waals surface area (Å²) in [5, 5.41) is 8.58. The normalized spacial score (nSPS) is 15.7. The fourth-order valence-corrected chi connectivity index (χ4v) is 3.97. The van der Waals surface area contributed by atoms with Gasteiger partial charge in [-0.25, -0.2) is 27.1 Å². The van der Waals surface area contributed by atoms with E-state index in [-0.39, 0.29) is 12.2 Å². The number of hydrogen-bond acceptors (Lipinski definition) is 10. The Morgan fingerprint density at radius 2 is 0.917 bits per heavy atom. The number of primary sulfonamides is 2. The standard InChI is InChI=1S/2C11H19N3O3S/c2*1-7(2)17-11(9(4)18(12,15)16)10-6-13-8(3)5-14-10/h2*5-7,9,11H,1-4H3,(H2,12,15,16)/t2*9-,11+/m10/s1. The summed E-state index contributed by atoms with van der Waals surface area (Å²) in [4.78, 5) is 16.5. The molecule has 14 heteroatoms. The SMILES string of the molecule is Cc1cnc([C@@H](OC(C)C)[C@@H](C)S(N)(=O)=O)cn1.Cc1cnc([C@H](OC(C)C)[C@H](C)S(N)(=O)=O)cn1. The average molecular weight is 547 g/mol. The van der Waals surface area contributed by atoms with Crippen molar-refractivity contribution in [3.63, 3.8) is 0 Å². The maximum atomic E-state index is 11.4. The molecular formula is C22H38N6O6S2. The number of hydrogen-bond donors (Lipinski definition) is 2. The van der Waals surface area contributed by atoms with Crippen LogP contribution in [0.15, 0.2) is 24.8 Å². The number of rotatable bonds is 10. The van der Waals surface area contributed by atoms with Gasteiger partial charge in [0.2, 0.25) is 20.0 Å². The van der Waals surface area contributed by atoms with Gasteiger partial charge < -0.3 is 9.47 Å². The molecule has 2 aromatic heterocycles. The molecule has 4 N–H and O–H groups in total. The molecule has 0 bridgehead atoms. The van der Waals surface area contributed by atoms with Crippen LogP contribution in [0.25, 0.3) is 0 Å². The smallest absolute Gasteiger partial charge is 0.214 e. The second-order valence-electron chi connectivity index (χ2n) is 8.96. The molecule has 0 unspecified atom stereocenters. The third-order valence-electron chi connectivity index (χ3n) is 4.91. The van der Waals surface area contributed by atoms with E-state index in [9.17, 15) is 16.8 Å². The summed E-state index contributed by atoms with van der Waals surface area (Å²) < 4.78 is 57.0. The van der Waals surface area contributed by atoms with Crippen LogP contribution in [0.4, 0.5) is 0 Å². The summed E-state index contributed by atoms with van der Waals surface area (Å²) in [6.45, 7) is 13.9. The molecule has 0 aliphatic heterocycles. The van der Waals surface area contributed by atoms with Gasteiger partial charge in [0, 0.05) is 12.4 Å². The molecule has 0 fully saturated rings. The lowest BCUT2D eigenvalue weighted by Gasteiger charge is -2.24. The molecular weight excluding hydrogens is 508 g/mol. The Labute approximate surface area is 214 Å². The molecule has 0 aromatic carbocycles. The predicted molar refractivity (Wildman–Crippen MR) is 137 cm³/mol. The molecule has 12 nitrogen and oxygen atoms in total. The van der Waals surface area contributed by atoms with E-state index in [1.54, 1.807) is 26.2 Å². The van der Waals surface area contributed by atoms with Gasteiger partial charge in [-0.15, -0.1) is 0 Å². The zero-order valence-corrected chi connectivity index (χ0v) is 23.6. The third-order valence-corrected chi connectivity index (χ3v) is 7.48. The highest BCUT2D eigenvalue weighted by atomic mass is 32.2. The Morgan fingerprint density at radius 1 is 0.611 bits per heavy atom. The average Bonchev–Trinajstić information content (AvgIpc) is 2.75. The van der Waals surface area contributed by atoms with Crippen molar-refractivity contribution in [2.75, 3.05) is 0 Å². The lowest BCUT2D eigenvalue weighted by atomic mass is 10.2. The molecule has 0 saturated heterocycles. The van der Waals surface area contributed by atoms with Crippen molar-refractivity contribution in [3.8, 4) is 0 Å². The minimum absolute atomic E-state index is 0.137. The number of aromatic nitrogens is 4. The molecule has 0 aliphatic rings. The highest BCUT2D eigenvalue weighted by Gasteiger charge is 2.32. The van der Waals surface area contributed by atoms with Crippen LogP contribution in [0.5, 0.6) is 0 Å². The van der Waals surface area contributed by atoms with Crippen molar-refractivity contribution < 1.29 is 26.3 Å². The van der Waals surface area contributed by atoms with Crippen molar-refractivity contribution in [2.45, 2.75) is 90.3 Å². The van der Waals surface area contributed by atoms with Crippen LogP contribution >= 0.6 is 0 Å². The fourth-order valence-electron chi connectivity index (χ4n) is 2.87. The van der Waals surface area contributed by atoms with Crippen molar-refractivity contribution in [2.24, 2.45) is 10.3 Å². The highest BCUT2D eigenvalue weighted by molar-refractivity contribution is 7.90. The van der Waals surface area contributed by atoms with Crippen molar-refractivity contribution >= 4 is 20.0 Å². The van der Waals surface area contributed by atoms with Gasteiger partial charge in [0.1, 0.15) is 22.7 Å². The van der Waals surface area contributed by atoms with Gasteiger partial charge >= 0.3 is 0 Å². The van der Waals surface area contributed by atoms with Crippen LogP contribution in [0.2, 0.25) is 0 Å². The van der Waals surface area contributed by atoms with E-state index >= 15 is 0 Å². The Kier molecular flexibility index (Phi) is 11.9. The first-order valence-electron chi connectivity index (χ1n) is 11.3. The second kappa shape index (κ2) is 13.4. The number of nitrogens with zero attached hydrogens (tertiary/aromatic N) is 4. The molecule has 36 heavy (non-hydrogen) atoms.